The quantitative estimate of drug-likeness (QED) is 0.350. The molecule has 0 fully saturated rings. The summed E-state index contributed by atoms with van der Waals surface area (Å²) in [6, 6.07) is 16.3. The number of aromatic amines is 1. The minimum absolute atomic E-state index is 0.0903. The first-order valence-electron chi connectivity index (χ1n) is 8.75. The molecule has 2 aromatic heterocycles. The number of nitrogens with one attached hydrogen (secondary N) is 1. The van der Waals surface area contributed by atoms with Crippen LogP contribution in [0.4, 0.5) is 13.2 Å². The smallest absolute Gasteiger partial charge is 0.353 e. The summed E-state index contributed by atoms with van der Waals surface area (Å²) in [5, 5.41) is 2.01. The predicted octanol–water partition coefficient (Wildman–Crippen LogP) is 6.26. The third kappa shape index (κ3) is 2.52. The van der Waals surface area contributed by atoms with Crippen molar-refractivity contribution in [2.45, 2.75) is 13.1 Å². The molecule has 0 atom stereocenters. The molecule has 5 rings (SSSR count). The van der Waals surface area contributed by atoms with Gasteiger partial charge in [0.2, 0.25) is 0 Å². The number of rotatable bonds is 1. The SMILES string of the molecule is Cc1ccc2c(C(F)(F)F)c3ncnc(-c4cc5ccccc5[nH]4)c3cc2c1. The van der Waals surface area contributed by atoms with Crippen molar-refractivity contribution >= 4 is 32.6 Å². The van der Waals surface area contributed by atoms with E-state index in [0.29, 0.717) is 22.2 Å². The molecule has 1 N–H and O–H groups in total. The average molecular weight is 377 g/mol. The Labute approximate surface area is 157 Å². The van der Waals surface area contributed by atoms with Crippen LogP contribution in [0, 0.1) is 6.92 Å². The molecule has 0 unspecified atom stereocenters. The van der Waals surface area contributed by atoms with E-state index in [9.17, 15) is 13.2 Å². The molecule has 28 heavy (non-hydrogen) atoms. The van der Waals surface area contributed by atoms with E-state index in [1.54, 1.807) is 18.2 Å². The van der Waals surface area contributed by atoms with E-state index < -0.39 is 11.7 Å². The first-order valence-corrected chi connectivity index (χ1v) is 8.75. The number of nitrogens with zero attached hydrogens (tertiary/aromatic N) is 2. The van der Waals surface area contributed by atoms with Crippen LogP contribution in [-0.4, -0.2) is 15.0 Å². The van der Waals surface area contributed by atoms with Crippen molar-refractivity contribution in [3.8, 4) is 11.4 Å². The number of hydrogen-bond acceptors (Lipinski definition) is 2. The molecule has 0 bridgehead atoms. The Kier molecular flexibility index (Phi) is 3.46. The van der Waals surface area contributed by atoms with E-state index >= 15 is 0 Å². The van der Waals surface area contributed by atoms with Crippen LogP contribution < -0.4 is 0 Å². The van der Waals surface area contributed by atoms with E-state index in [0.717, 1.165) is 16.5 Å². The molecule has 138 valence electrons. The largest absolute Gasteiger partial charge is 0.419 e. The Balaban J connectivity index is 1.92. The summed E-state index contributed by atoms with van der Waals surface area (Å²) in [6.45, 7) is 1.86. The van der Waals surface area contributed by atoms with E-state index in [2.05, 4.69) is 15.0 Å². The van der Waals surface area contributed by atoms with E-state index in [-0.39, 0.29) is 10.9 Å². The van der Waals surface area contributed by atoms with Crippen molar-refractivity contribution in [3.05, 3.63) is 72.1 Å². The zero-order valence-electron chi connectivity index (χ0n) is 14.8. The highest BCUT2D eigenvalue weighted by Crippen LogP contribution is 2.41. The molecular weight excluding hydrogens is 363 g/mol. The van der Waals surface area contributed by atoms with Gasteiger partial charge in [0, 0.05) is 16.3 Å². The lowest BCUT2D eigenvalue weighted by Crippen LogP contribution is -2.08. The molecule has 3 aromatic carbocycles. The van der Waals surface area contributed by atoms with Crippen LogP contribution in [0.5, 0.6) is 0 Å². The Hall–Kier alpha value is -3.41. The minimum atomic E-state index is -4.53. The van der Waals surface area contributed by atoms with Crippen LogP contribution in [0.2, 0.25) is 0 Å². The van der Waals surface area contributed by atoms with Gasteiger partial charge < -0.3 is 4.98 Å². The van der Waals surface area contributed by atoms with Crippen LogP contribution in [-0.2, 0) is 6.18 Å². The third-order valence-electron chi connectivity index (χ3n) is 4.97. The number of fused-ring (bicyclic) bond motifs is 3. The van der Waals surface area contributed by atoms with Gasteiger partial charge in [0.1, 0.15) is 6.33 Å². The first-order chi connectivity index (χ1) is 13.4. The molecule has 0 aliphatic carbocycles. The number of H-pyrrole nitrogens is 1. The van der Waals surface area contributed by atoms with Gasteiger partial charge in [-0.15, -0.1) is 0 Å². The van der Waals surface area contributed by atoms with E-state index in [1.165, 1.54) is 12.4 Å². The number of benzene rings is 3. The molecule has 3 nitrogen and oxygen atoms in total. The summed E-state index contributed by atoms with van der Waals surface area (Å²) in [6.07, 6.45) is -3.34. The number of hydrogen-bond donors (Lipinski definition) is 1. The minimum Gasteiger partial charge on any atom is -0.353 e. The lowest BCUT2D eigenvalue weighted by molar-refractivity contribution is -0.135. The molecular formula is C22H14F3N3. The van der Waals surface area contributed by atoms with Crippen LogP contribution in [0.15, 0.2) is 60.9 Å². The molecule has 0 saturated heterocycles. The topological polar surface area (TPSA) is 41.6 Å². The zero-order valence-corrected chi connectivity index (χ0v) is 14.8. The standard InChI is InChI=1S/C22H14F3N3/c1-12-6-7-15-14(8-12)9-16-20(18-10-13-4-2-3-5-17(13)28-18)26-11-27-21(16)19(15)22(23,24)25/h2-11,28H,1H3. The van der Waals surface area contributed by atoms with Crippen molar-refractivity contribution in [2.75, 3.05) is 0 Å². The van der Waals surface area contributed by atoms with Crippen LogP contribution in [0.1, 0.15) is 11.1 Å². The van der Waals surface area contributed by atoms with Gasteiger partial charge in [0.05, 0.1) is 22.5 Å². The van der Waals surface area contributed by atoms with Gasteiger partial charge in [-0.2, -0.15) is 13.2 Å². The number of aromatic nitrogens is 3. The Morgan fingerprint density at radius 1 is 0.857 bits per heavy atom. The Morgan fingerprint density at radius 3 is 2.46 bits per heavy atom. The molecule has 6 heteroatoms. The second kappa shape index (κ2) is 5.79. The molecule has 0 radical (unpaired) electrons. The van der Waals surface area contributed by atoms with E-state index in [4.69, 9.17) is 0 Å². The van der Waals surface area contributed by atoms with Crippen molar-refractivity contribution in [3.63, 3.8) is 0 Å². The second-order valence-corrected chi connectivity index (χ2v) is 6.86. The van der Waals surface area contributed by atoms with Gasteiger partial charge in [0.15, 0.2) is 0 Å². The van der Waals surface area contributed by atoms with Crippen molar-refractivity contribution in [1.29, 1.82) is 0 Å². The first kappa shape index (κ1) is 16.7. The molecule has 5 aromatic rings. The van der Waals surface area contributed by atoms with Gasteiger partial charge >= 0.3 is 6.18 Å². The number of aryl methyl sites for hydroxylation is 1. The predicted molar refractivity (Wildman–Crippen MR) is 104 cm³/mol. The van der Waals surface area contributed by atoms with Gasteiger partial charge in [-0.05, 0) is 35.9 Å². The van der Waals surface area contributed by atoms with Gasteiger partial charge in [-0.1, -0.05) is 42.0 Å². The normalized spacial score (nSPS) is 12.3. The van der Waals surface area contributed by atoms with Crippen molar-refractivity contribution in [1.82, 2.24) is 15.0 Å². The number of halogens is 3. The molecule has 0 aliphatic heterocycles. The average Bonchev–Trinajstić information content (AvgIpc) is 3.08. The fraction of sp³-hybridized carbons (Fsp3) is 0.0909. The lowest BCUT2D eigenvalue weighted by atomic mass is 9.97. The summed E-state index contributed by atoms with van der Waals surface area (Å²) in [7, 11) is 0. The fourth-order valence-corrected chi connectivity index (χ4v) is 3.75. The lowest BCUT2D eigenvalue weighted by Gasteiger charge is -2.15. The monoisotopic (exact) mass is 377 g/mol. The molecule has 0 amide bonds. The molecule has 0 spiro atoms. The highest BCUT2D eigenvalue weighted by Gasteiger charge is 2.36. The summed E-state index contributed by atoms with van der Waals surface area (Å²) in [5.74, 6) is 0. The fourth-order valence-electron chi connectivity index (χ4n) is 3.75. The van der Waals surface area contributed by atoms with Gasteiger partial charge in [-0.3, -0.25) is 0 Å². The second-order valence-electron chi connectivity index (χ2n) is 6.86. The van der Waals surface area contributed by atoms with Gasteiger partial charge in [-0.25, -0.2) is 9.97 Å². The third-order valence-corrected chi connectivity index (χ3v) is 4.97. The highest BCUT2D eigenvalue weighted by atomic mass is 19.4. The molecule has 2 heterocycles. The summed E-state index contributed by atoms with van der Waals surface area (Å²) >= 11 is 0. The summed E-state index contributed by atoms with van der Waals surface area (Å²) in [5.41, 5.74) is 2.09. The Bertz CT molecular complexity index is 1330. The van der Waals surface area contributed by atoms with Gasteiger partial charge in [0.25, 0.3) is 0 Å². The maximum Gasteiger partial charge on any atom is 0.419 e. The maximum atomic E-state index is 14.0. The molecule has 0 aliphatic rings. The Morgan fingerprint density at radius 2 is 1.68 bits per heavy atom. The van der Waals surface area contributed by atoms with Crippen molar-refractivity contribution in [2.24, 2.45) is 0 Å². The van der Waals surface area contributed by atoms with E-state index in [1.807, 2.05) is 37.3 Å². The summed E-state index contributed by atoms with van der Waals surface area (Å²) < 4.78 is 41.9. The van der Waals surface area contributed by atoms with Crippen LogP contribution >= 0.6 is 0 Å². The van der Waals surface area contributed by atoms with Crippen molar-refractivity contribution < 1.29 is 13.2 Å². The van der Waals surface area contributed by atoms with Crippen LogP contribution in [0.25, 0.3) is 44.0 Å². The maximum absolute atomic E-state index is 14.0. The molecule has 0 saturated carbocycles. The summed E-state index contributed by atoms with van der Waals surface area (Å²) in [4.78, 5) is 11.6. The number of para-hydroxylation sites is 1. The zero-order chi connectivity index (χ0) is 19.5. The highest BCUT2D eigenvalue weighted by molar-refractivity contribution is 6.06. The van der Waals surface area contributed by atoms with Crippen LogP contribution in [0.3, 0.4) is 0 Å². The number of alkyl halides is 3.